The summed E-state index contributed by atoms with van der Waals surface area (Å²) in [6, 6.07) is 13.7. The van der Waals surface area contributed by atoms with E-state index in [9.17, 15) is 14.4 Å². The van der Waals surface area contributed by atoms with Crippen LogP contribution in [0.2, 0.25) is 0 Å². The summed E-state index contributed by atoms with van der Waals surface area (Å²) in [7, 11) is 1.73. The van der Waals surface area contributed by atoms with Gasteiger partial charge in [0.15, 0.2) is 5.82 Å². The second kappa shape index (κ2) is 13.9. The van der Waals surface area contributed by atoms with Gasteiger partial charge in [0, 0.05) is 50.5 Å². The molecule has 2 N–H and O–H groups in total. The summed E-state index contributed by atoms with van der Waals surface area (Å²) in [6.45, 7) is 12.6. The average Bonchev–Trinajstić information content (AvgIpc) is 3.65. The van der Waals surface area contributed by atoms with Gasteiger partial charge in [-0.05, 0) is 64.3 Å². The number of aryl methyl sites for hydroxylation is 1. The highest BCUT2D eigenvalue weighted by atomic mass is 16.6. The van der Waals surface area contributed by atoms with Gasteiger partial charge in [-0.1, -0.05) is 36.4 Å². The molecule has 0 unspecified atom stereocenters. The third-order valence-corrected chi connectivity index (χ3v) is 7.51. The van der Waals surface area contributed by atoms with E-state index in [1.807, 2.05) is 76.9 Å². The number of rotatable bonds is 11. The van der Waals surface area contributed by atoms with Crippen molar-refractivity contribution in [3.63, 3.8) is 0 Å². The first-order valence-corrected chi connectivity index (χ1v) is 14.9. The Morgan fingerprint density at radius 2 is 1.73 bits per heavy atom. The van der Waals surface area contributed by atoms with Gasteiger partial charge < -0.3 is 19.9 Å². The topological polar surface area (TPSA) is 127 Å². The zero-order chi connectivity index (χ0) is 32.0. The Hall–Kier alpha value is -4.45. The minimum absolute atomic E-state index is 0.0407. The molecule has 0 bridgehead atoms. The van der Waals surface area contributed by atoms with Gasteiger partial charge in [-0.25, -0.2) is 14.8 Å². The van der Waals surface area contributed by atoms with E-state index >= 15 is 0 Å². The number of carbonyl (C=O) groups excluding carboxylic acids is 3. The monoisotopic (exact) mass is 604 g/mol. The highest BCUT2D eigenvalue weighted by Gasteiger charge is 2.29. The van der Waals surface area contributed by atoms with Gasteiger partial charge in [0.25, 0.3) is 5.91 Å². The summed E-state index contributed by atoms with van der Waals surface area (Å²) in [5.41, 5.74) is 4.24. The smallest absolute Gasteiger partial charge is 0.410 e. The first-order valence-electron chi connectivity index (χ1n) is 14.9. The molecule has 1 aliphatic heterocycles. The number of hydrogen-bond donors (Lipinski definition) is 2. The van der Waals surface area contributed by atoms with Crippen LogP contribution in [0, 0.1) is 6.92 Å². The van der Waals surface area contributed by atoms with Gasteiger partial charge >= 0.3 is 6.09 Å². The number of amides is 3. The molecule has 0 aliphatic carbocycles. The van der Waals surface area contributed by atoms with Crippen LogP contribution in [-0.2, 0) is 27.4 Å². The van der Waals surface area contributed by atoms with E-state index in [0.29, 0.717) is 18.9 Å². The van der Waals surface area contributed by atoms with Crippen molar-refractivity contribution in [2.75, 3.05) is 38.5 Å². The maximum atomic E-state index is 13.7. The number of ether oxygens (including phenoxy) is 1. The van der Waals surface area contributed by atoms with Crippen molar-refractivity contribution in [1.82, 2.24) is 35.0 Å². The highest BCUT2D eigenvalue weighted by molar-refractivity contribution is 5.87. The number of anilines is 1. The molecular formula is C32H44N8O4. The number of fused-ring (bicyclic) bond motifs is 1. The molecule has 0 radical (unpaired) electrons. The van der Waals surface area contributed by atoms with Crippen molar-refractivity contribution in [3.05, 3.63) is 65.5 Å². The van der Waals surface area contributed by atoms with Crippen molar-refractivity contribution in [3.8, 4) is 11.4 Å². The Kier molecular flexibility index (Phi) is 10.3. The third-order valence-electron chi connectivity index (χ3n) is 7.51. The summed E-state index contributed by atoms with van der Waals surface area (Å²) in [5.74, 6) is 0.131. The summed E-state index contributed by atoms with van der Waals surface area (Å²) >= 11 is 0. The minimum Gasteiger partial charge on any atom is -0.444 e. The second-order valence-electron chi connectivity index (χ2n) is 12.3. The summed E-state index contributed by atoms with van der Waals surface area (Å²) < 4.78 is 5.61. The lowest BCUT2D eigenvalue weighted by Gasteiger charge is -2.33. The number of aromatic amines is 1. The second-order valence-corrected chi connectivity index (χ2v) is 12.3. The Morgan fingerprint density at radius 3 is 2.32 bits per heavy atom. The molecule has 12 heteroatoms. The summed E-state index contributed by atoms with van der Waals surface area (Å²) in [5, 5.41) is 13.6. The molecule has 2 heterocycles. The molecule has 0 saturated heterocycles. The quantitative estimate of drug-likeness (QED) is 0.336. The fourth-order valence-corrected chi connectivity index (χ4v) is 4.94. The number of hydrazine groups is 1. The molecule has 3 aromatic rings. The maximum absolute atomic E-state index is 13.7. The van der Waals surface area contributed by atoms with Crippen molar-refractivity contribution >= 4 is 23.6 Å². The van der Waals surface area contributed by atoms with Crippen molar-refractivity contribution in [2.45, 2.75) is 66.3 Å². The van der Waals surface area contributed by atoms with Gasteiger partial charge in [0.1, 0.15) is 18.5 Å². The molecule has 1 aliphatic rings. The molecule has 44 heavy (non-hydrogen) atoms. The van der Waals surface area contributed by atoms with Crippen LogP contribution >= 0.6 is 0 Å². The van der Waals surface area contributed by atoms with E-state index in [1.54, 1.807) is 17.0 Å². The number of benzene rings is 2. The number of aromatic nitrogens is 3. The Balaban J connectivity index is 1.48. The fraction of sp³-hybridized carbons (Fsp3) is 0.469. The van der Waals surface area contributed by atoms with Gasteiger partial charge in [0.05, 0.1) is 6.54 Å². The number of carbonyl (C=O) groups is 3. The van der Waals surface area contributed by atoms with Gasteiger partial charge in [0.2, 0.25) is 5.91 Å². The fourth-order valence-electron chi connectivity index (χ4n) is 4.94. The van der Waals surface area contributed by atoms with Crippen molar-refractivity contribution in [1.29, 1.82) is 0 Å². The first-order chi connectivity index (χ1) is 20.8. The number of likely N-dealkylation sites (N-methyl/N-ethyl adjacent to an activating group) is 1. The Labute approximate surface area is 259 Å². The molecule has 3 amide bonds. The molecule has 0 atom stereocenters. The van der Waals surface area contributed by atoms with Crippen LogP contribution in [0.5, 0.6) is 0 Å². The van der Waals surface area contributed by atoms with Crippen LogP contribution < -0.4 is 5.32 Å². The number of nitrogens with one attached hydrogen (secondary N) is 2. The molecule has 1 aromatic heterocycles. The normalized spacial score (nSPS) is 13.0. The predicted molar refractivity (Wildman–Crippen MR) is 168 cm³/mol. The summed E-state index contributed by atoms with van der Waals surface area (Å²) in [4.78, 5) is 47.5. The molecule has 2 aromatic carbocycles. The number of hydrogen-bond acceptors (Lipinski definition) is 8. The van der Waals surface area contributed by atoms with Crippen LogP contribution in [0.4, 0.5) is 10.5 Å². The van der Waals surface area contributed by atoms with Gasteiger partial charge in [-0.2, -0.15) is 5.10 Å². The van der Waals surface area contributed by atoms with Crippen LogP contribution in [-0.4, -0.2) is 97.8 Å². The number of H-pyrrole nitrogens is 1. The SMILES string of the molecule is Cc1ccc(-c2ncn[nH]2)cc1NCC(=O)N(CCN(C(=O)OC(C)(C)C)C(C)C)CC(=O)N(C)N1Cc2ccccc2C1. The average molecular weight is 605 g/mol. The van der Waals surface area contributed by atoms with E-state index in [4.69, 9.17) is 4.74 Å². The van der Waals surface area contributed by atoms with Crippen LogP contribution in [0.15, 0.2) is 48.8 Å². The highest BCUT2D eigenvalue weighted by Crippen LogP contribution is 2.24. The Morgan fingerprint density at radius 1 is 1.05 bits per heavy atom. The molecule has 236 valence electrons. The lowest BCUT2D eigenvalue weighted by Crippen LogP contribution is -2.51. The molecule has 4 rings (SSSR count). The molecular weight excluding hydrogens is 560 g/mol. The maximum Gasteiger partial charge on any atom is 0.410 e. The van der Waals surface area contributed by atoms with E-state index in [1.165, 1.54) is 22.4 Å². The van der Waals surface area contributed by atoms with E-state index < -0.39 is 11.7 Å². The molecule has 12 nitrogen and oxygen atoms in total. The van der Waals surface area contributed by atoms with E-state index in [0.717, 1.165) is 16.8 Å². The lowest BCUT2D eigenvalue weighted by atomic mass is 10.1. The zero-order valence-electron chi connectivity index (χ0n) is 26.8. The third kappa shape index (κ3) is 8.34. The van der Waals surface area contributed by atoms with Crippen molar-refractivity contribution < 1.29 is 19.1 Å². The molecule has 0 fully saturated rings. The number of nitrogens with zero attached hydrogens (tertiary/aromatic N) is 6. The van der Waals surface area contributed by atoms with Gasteiger partial charge in [-0.3, -0.25) is 19.7 Å². The minimum atomic E-state index is -0.659. The van der Waals surface area contributed by atoms with E-state index in [-0.39, 0.29) is 44.0 Å². The predicted octanol–water partition coefficient (Wildman–Crippen LogP) is 4.06. The van der Waals surface area contributed by atoms with Crippen molar-refractivity contribution in [2.24, 2.45) is 0 Å². The molecule has 0 spiro atoms. The van der Waals surface area contributed by atoms with Crippen LogP contribution in [0.1, 0.15) is 51.3 Å². The van der Waals surface area contributed by atoms with Gasteiger partial charge in [-0.15, -0.1) is 0 Å². The standard InChI is InChI=1S/C32H44N8O4/c1-22(2)40(31(43)44-32(4,5)6)15-14-38(20-29(42)37(7)39-18-25-10-8-9-11-26(25)19-39)28(41)17-33-27-16-24(13-12-23(27)3)30-34-21-35-36-30/h8-13,16,21-22,33H,14-15,17-20H2,1-7H3,(H,34,35,36). The molecule has 0 saturated carbocycles. The van der Waals surface area contributed by atoms with E-state index in [2.05, 4.69) is 32.6 Å². The Bertz CT molecular complexity index is 1430. The zero-order valence-corrected chi connectivity index (χ0v) is 26.8. The largest absolute Gasteiger partial charge is 0.444 e. The first kappa shape index (κ1) is 32.5. The van der Waals surface area contributed by atoms with Crippen LogP contribution in [0.25, 0.3) is 11.4 Å². The van der Waals surface area contributed by atoms with Crippen LogP contribution in [0.3, 0.4) is 0 Å². The summed E-state index contributed by atoms with van der Waals surface area (Å²) in [6.07, 6.45) is 0.979. The lowest BCUT2D eigenvalue weighted by molar-refractivity contribution is -0.151.